The summed E-state index contributed by atoms with van der Waals surface area (Å²) in [4.78, 5) is 16.3. The molecule has 116 valence electrons. The number of nitrogens with one attached hydrogen (secondary N) is 1. The molecule has 0 radical (unpaired) electrons. The van der Waals surface area contributed by atoms with Crippen LogP contribution in [0.3, 0.4) is 0 Å². The molecule has 6 nitrogen and oxygen atoms in total. The lowest BCUT2D eigenvalue weighted by atomic mass is 10.2. The number of hydrogen-bond donors (Lipinski definition) is 1. The second kappa shape index (κ2) is 7.00. The number of amides is 1. The number of halogens is 1. The van der Waals surface area contributed by atoms with Gasteiger partial charge in [0.1, 0.15) is 11.5 Å². The number of hydrogen-bond acceptors (Lipinski definition) is 5. The molecule has 1 N–H and O–H groups in total. The van der Waals surface area contributed by atoms with E-state index in [1.807, 2.05) is 0 Å². The van der Waals surface area contributed by atoms with Crippen LogP contribution in [0.4, 0.5) is 5.69 Å². The molecule has 0 unspecified atom stereocenters. The fraction of sp³-hybridized carbons (Fsp3) is 0.200. The Kier molecular flexibility index (Phi) is 5.06. The molecule has 7 heteroatoms. The topological polar surface area (TPSA) is 69.7 Å². The zero-order valence-corrected chi connectivity index (χ0v) is 13.1. The van der Waals surface area contributed by atoms with Crippen molar-refractivity contribution in [1.82, 2.24) is 4.98 Å². The van der Waals surface area contributed by atoms with Gasteiger partial charge in [-0.2, -0.15) is 0 Å². The first kappa shape index (κ1) is 15.9. The highest BCUT2D eigenvalue weighted by molar-refractivity contribution is 6.32. The van der Waals surface area contributed by atoms with E-state index in [1.54, 1.807) is 18.2 Å². The fourth-order valence-corrected chi connectivity index (χ4v) is 2.05. The van der Waals surface area contributed by atoms with E-state index in [4.69, 9.17) is 25.8 Å². The Labute approximate surface area is 133 Å². The minimum atomic E-state index is -0.330. The minimum absolute atomic E-state index is 0.330. The van der Waals surface area contributed by atoms with Crippen LogP contribution >= 0.6 is 11.6 Å². The third-order valence-electron chi connectivity index (χ3n) is 2.93. The normalized spacial score (nSPS) is 10.0. The molecule has 0 bridgehead atoms. The lowest BCUT2D eigenvalue weighted by molar-refractivity contribution is 0.102. The van der Waals surface area contributed by atoms with Crippen LogP contribution in [0.15, 0.2) is 30.5 Å². The zero-order valence-electron chi connectivity index (χ0n) is 12.3. The van der Waals surface area contributed by atoms with Crippen molar-refractivity contribution in [3.63, 3.8) is 0 Å². The number of rotatable bonds is 5. The number of carbonyl (C=O) groups excluding carboxylic acids is 1. The predicted octanol–water partition coefficient (Wildman–Crippen LogP) is 3.01. The lowest BCUT2D eigenvalue weighted by Gasteiger charge is -2.13. The second-order valence-corrected chi connectivity index (χ2v) is 4.64. The van der Waals surface area contributed by atoms with E-state index >= 15 is 0 Å². The average Bonchev–Trinajstić information content (AvgIpc) is 2.55. The van der Waals surface area contributed by atoms with E-state index < -0.39 is 0 Å². The molecule has 0 aliphatic heterocycles. The van der Waals surface area contributed by atoms with Crippen LogP contribution in [0.2, 0.25) is 5.02 Å². The Morgan fingerprint density at radius 2 is 1.82 bits per heavy atom. The van der Waals surface area contributed by atoms with Crippen molar-refractivity contribution >= 4 is 23.2 Å². The van der Waals surface area contributed by atoms with E-state index in [0.717, 1.165) is 0 Å². The molecule has 0 spiro atoms. The first-order chi connectivity index (χ1) is 10.6. The molecule has 1 aromatic heterocycles. The number of anilines is 1. The van der Waals surface area contributed by atoms with E-state index in [-0.39, 0.29) is 5.91 Å². The number of nitrogens with zero attached hydrogens (tertiary/aromatic N) is 1. The van der Waals surface area contributed by atoms with E-state index in [0.29, 0.717) is 33.7 Å². The van der Waals surface area contributed by atoms with Crippen molar-refractivity contribution in [2.24, 2.45) is 0 Å². The summed E-state index contributed by atoms with van der Waals surface area (Å²) in [7, 11) is 4.47. The Balaban J connectivity index is 2.30. The molecule has 0 aliphatic rings. The third kappa shape index (κ3) is 3.40. The molecule has 0 saturated heterocycles. The van der Waals surface area contributed by atoms with Crippen molar-refractivity contribution in [2.45, 2.75) is 0 Å². The summed E-state index contributed by atoms with van der Waals surface area (Å²) >= 11 is 6.03. The summed E-state index contributed by atoms with van der Waals surface area (Å²) in [6.07, 6.45) is 1.49. The van der Waals surface area contributed by atoms with Crippen LogP contribution in [-0.4, -0.2) is 32.2 Å². The van der Waals surface area contributed by atoms with Crippen LogP contribution in [0.1, 0.15) is 10.4 Å². The summed E-state index contributed by atoms with van der Waals surface area (Å²) in [5.74, 6) is 0.891. The van der Waals surface area contributed by atoms with Gasteiger partial charge in [-0.3, -0.25) is 4.79 Å². The van der Waals surface area contributed by atoms with Gasteiger partial charge in [0.15, 0.2) is 0 Å². The maximum absolute atomic E-state index is 12.3. The summed E-state index contributed by atoms with van der Waals surface area (Å²) in [5, 5.41) is 3.14. The van der Waals surface area contributed by atoms with Gasteiger partial charge in [-0.05, 0) is 6.07 Å². The summed E-state index contributed by atoms with van der Waals surface area (Å²) < 4.78 is 15.4. The number of benzene rings is 1. The molecule has 0 atom stereocenters. The van der Waals surface area contributed by atoms with Gasteiger partial charge in [0.2, 0.25) is 5.88 Å². The summed E-state index contributed by atoms with van der Waals surface area (Å²) in [6, 6.07) is 6.28. The zero-order chi connectivity index (χ0) is 16.1. The highest BCUT2D eigenvalue weighted by atomic mass is 35.5. The van der Waals surface area contributed by atoms with Crippen LogP contribution in [0.5, 0.6) is 17.4 Å². The maximum Gasteiger partial charge on any atom is 0.256 e. The molecule has 2 rings (SSSR count). The summed E-state index contributed by atoms with van der Waals surface area (Å²) in [5.41, 5.74) is 0.854. The largest absolute Gasteiger partial charge is 0.495 e. The van der Waals surface area contributed by atoms with Gasteiger partial charge in [0, 0.05) is 30.0 Å². The maximum atomic E-state index is 12.3. The highest BCUT2D eigenvalue weighted by Crippen LogP contribution is 2.36. The smallest absolute Gasteiger partial charge is 0.256 e. The predicted molar refractivity (Wildman–Crippen MR) is 83.3 cm³/mol. The van der Waals surface area contributed by atoms with Gasteiger partial charge in [-0.15, -0.1) is 0 Å². The molecular formula is C15H15ClN2O4. The van der Waals surface area contributed by atoms with Gasteiger partial charge in [0.05, 0.1) is 32.0 Å². The van der Waals surface area contributed by atoms with Gasteiger partial charge in [-0.1, -0.05) is 11.6 Å². The van der Waals surface area contributed by atoms with Gasteiger partial charge in [0.25, 0.3) is 5.91 Å². The van der Waals surface area contributed by atoms with Gasteiger partial charge in [-0.25, -0.2) is 4.98 Å². The molecule has 2 aromatic rings. The number of ether oxygens (including phenoxy) is 3. The van der Waals surface area contributed by atoms with Crippen molar-refractivity contribution in [2.75, 3.05) is 26.6 Å². The Bertz CT molecular complexity index is 691. The number of pyridine rings is 1. The van der Waals surface area contributed by atoms with E-state index in [9.17, 15) is 4.79 Å². The molecule has 0 fully saturated rings. The lowest BCUT2D eigenvalue weighted by Crippen LogP contribution is -2.13. The third-order valence-corrected chi connectivity index (χ3v) is 3.22. The molecule has 1 heterocycles. The standard InChI is InChI=1S/C15H15ClN2O4/c1-20-12-8-11(13(21-2)7-10(12)16)18-15(19)9-4-5-17-14(6-9)22-3/h4-8H,1-3H3,(H,18,19). The molecule has 22 heavy (non-hydrogen) atoms. The van der Waals surface area contributed by atoms with E-state index in [2.05, 4.69) is 10.3 Å². The molecule has 1 amide bonds. The Hall–Kier alpha value is -2.47. The highest BCUT2D eigenvalue weighted by Gasteiger charge is 2.14. The minimum Gasteiger partial charge on any atom is -0.495 e. The van der Waals surface area contributed by atoms with Crippen LogP contribution in [0.25, 0.3) is 0 Å². The molecule has 0 aliphatic carbocycles. The molecule has 1 aromatic carbocycles. The van der Waals surface area contributed by atoms with Crippen LogP contribution in [-0.2, 0) is 0 Å². The van der Waals surface area contributed by atoms with Crippen molar-refractivity contribution in [3.05, 3.63) is 41.0 Å². The fourth-order valence-electron chi connectivity index (χ4n) is 1.81. The first-order valence-electron chi connectivity index (χ1n) is 6.32. The number of methoxy groups -OCH3 is 3. The van der Waals surface area contributed by atoms with Crippen LogP contribution in [0, 0.1) is 0 Å². The monoisotopic (exact) mass is 322 g/mol. The Morgan fingerprint density at radius 1 is 1.09 bits per heavy atom. The van der Waals surface area contributed by atoms with Gasteiger partial charge >= 0.3 is 0 Å². The molecule has 0 saturated carbocycles. The first-order valence-corrected chi connectivity index (χ1v) is 6.69. The molecular weight excluding hydrogens is 308 g/mol. The van der Waals surface area contributed by atoms with Crippen LogP contribution < -0.4 is 19.5 Å². The number of carbonyl (C=O) groups is 1. The van der Waals surface area contributed by atoms with Crippen molar-refractivity contribution in [1.29, 1.82) is 0 Å². The van der Waals surface area contributed by atoms with Crippen molar-refractivity contribution < 1.29 is 19.0 Å². The van der Waals surface area contributed by atoms with Crippen molar-refractivity contribution in [3.8, 4) is 17.4 Å². The van der Waals surface area contributed by atoms with Gasteiger partial charge < -0.3 is 19.5 Å². The summed E-state index contributed by atoms with van der Waals surface area (Å²) in [6.45, 7) is 0. The van der Waals surface area contributed by atoms with E-state index in [1.165, 1.54) is 33.6 Å². The number of aromatic nitrogens is 1. The Morgan fingerprint density at radius 3 is 2.45 bits per heavy atom. The average molecular weight is 323 g/mol. The second-order valence-electron chi connectivity index (χ2n) is 4.23. The quantitative estimate of drug-likeness (QED) is 0.916. The SMILES string of the molecule is COc1cc(C(=O)Nc2cc(OC)c(Cl)cc2OC)ccn1.